The zero-order valence-electron chi connectivity index (χ0n) is 17.3. The number of carboxylic acid groups (broad SMARTS) is 2. The molecule has 12 nitrogen and oxygen atoms in total. The predicted octanol–water partition coefficient (Wildman–Crippen LogP) is 0.383. The average molecular weight is 471 g/mol. The van der Waals surface area contributed by atoms with Crippen molar-refractivity contribution in [3.63, 3.8) is 0 Å². The van der Waals surface area contributed by atoms with Crippen LogP contribution in [0.3, 0.4) is 0 Å². The van der Waals surface area contributed by atoms with E-state index in [2.05, 4.69) is 28.3 Å². The molecule has 0 saturated heterocycles. The van der Waals surface area contributed by atoms with E-state index in [1.807, 2.05) is 0 Å². The molecule has 0 fully saturated rings. The molecule has 2 amide bonds. The van der Waals surface area contributed by atoms with Crippen LogP contribution < -0.4 is 15.7 Å². The number of carboxylic acids is 2. The summed E-state index contributed by atoms with van der Waals surface area (Å²) in [5.41, 5.74) is 0. The third-order valence-electron chi connectivity index (χ3n) is 3.22. The van der Waals surface area contributed by atoms with Gasteiger partial charge in [0, 0.05) is 12.2 Å². The van der Waals surface area contributed by atoms with E-state index in [1.165, 1.54) is 0 Å². The third-order valence-corrected chi connectivity index (χ3v) is 5.61. The van der Waals surface area contributed by atoms with E-state index in [-0.39, 0.29) is 18.6 Å². The molecule has 174 valence electrons. The summed E-state index contributed by atoms with van der Waals surface area (Å²) in [6.45, 7) is 5.80. The van der Waals surface area contributed by atoms with Gasteiger partial charge in [-0.1, -0.05) is 0 Å². The number of thiol groups is 1. The zero-order valence-corrected chi connectivity index (χ0v) is 19.1. The lowest BCUT2D eigenvalue weighted by Gasteiger charge is -2.26. The first-order chi connectivity index (χ1) is 13.8. The molecule has 0 aliphatic rings. The lowest BCUT2D eigenvalue weighted by atomic mass is 10.1. The predicted molar refractivity (Wildman–Crippen MR) is 110 cm³/mol. The van der Waals surface area contributed by atoms with Crippen LogP contribution in [0.15, 0.2) is 0 Å². The minimum absolute atomic E-state index is 0.0997. The van der Waals surface area contributed by atoms with Crippen LogP contribution in [0.4, 0.5) is 0 Å². The number of carbonyl (C=O) groups is 4. The number of amides is 2. The summed E-state index contributed by atoms with van der Waals surface area (Å²) < 4.78 is 23.3. The molecule has 30 heavy (non-hydrogen) atoms. The molecule has 2 atom stereocenters. The summed E-state index contributed by atoms with van der Waals surface area (Å²) in [5.74, 6) is -4.13. The van der Waals surface area contributed by atoms with Crippen LogP contribution in [0.1, 0.15) is 40.5 Å². The fourth-order valence-electron chi connectivity index (χ4n) is 2.10. The Morgan fingerprint density at radius 3 is 1.93 bits per heavy atom. The van der Waals surface area contributed by atoms with Crippen LogP contribution in [-0.4, -0.2) is 70.6 Å². The zero-order chi connectivity index (χ0) is 23.5. The Bertz CT molecular complexity index is 646. The fourth-order valence-corrected chi connectivity index (χ4v) is 4.26. The van der Waals surface area contributed by atoms with Crippen LogP contribution in [0.25, 0.3) is 0 Å². The lowest BCUT2D eigenvalue weighted by molar-refractivity contribution is -0.139. The number of aliphatic carboxylic acids is 2. The molecule has 5 N–H and O–H groups in total. The van der Waals surface area contributed by atoms with E-state index in [9.17, 15) is 28.8 Å². The van der Waals surface area contributed by atoms with Gasteiger partial charge in [-0.2, -0.15) is 12.6 Å². The molecule has 0 aromatic heterocycles. The summed E-state index contributed by atoms with van der Waals surface area (Å²) in [7, 11) is -3.96. The molecule has 0 aliphatic carbocycles. The van der Waals surface area contributed by atoms with E-state index in [4.69, 9.17) is 14.2 Å². The standard InChI is InChI=1S/C16H30N3O9PS/c1-9(2)27-29(26,28-10(3)4)19-11(16(24)25)5-6-13(20)18-12(8-30)15(23)17-7-14(21)22/h9-12,30H,5-8H2,1-4H3,(H,17,23)(H,18,20)(H,19,26)(H,21,22)(H,24,25)/t11-,12-/m0/s1. The van der Waals surface area contributed by atoms with E-state index >= 15 is 0 Å². The first-order valence-corrected chi connectivity index (χ1v) is 11.3. The molecular weight excluding hydrogens is 441 g/mol. The Morgan fingerprint density at radius 1 is 1.00 bits per heavy atom. The summed E-state index contributed by atoms with van der Waals surface area (Å²) in [6.07, 6.45) is -1.63. The molecule has 0 radical (unpaired) electrons. The van der Waals surface area contributed by atoms with Crippen molar-refractivity contribution in [3.8, 4) is 0 Å². The van der Waals surface area contributed by atoms with E-state index in [0.29, 0.717) is 0 Å². The smallest absolute Gasteiger partial charge is 0.406 e. The van der Waals surface area contributed by atoms with Crippen molar-refractivity contribution in [2.45, 2.75) is 64.8 Å². The van der Waals surface area contributed by atoms with Crippen molar-refractivity contribution in [1.82, 2.24) is 15.7 Å². The maximum atomic E-state index is 12.8. The van der Waals surface area contributed by atoms with Crippen molar-refractivity contribution in [3.05, 3.63) is 0 Å². The molecule has 0 aliphatic heterocycles. The van der Waals surface area contributed by atoms with Crippen LogP contribution in [-0.2, 0) is 32.8 Å². The number of rotatable bonds is 15. The molecule has 0 bridgehead atoms. The Labute approximate surface area is 180 Å². The second-order valence-electron chi connectivity index (χ2n) is 6.78. The van der Waals surface area contributed by atoms with Crippen molar-refractivity contribution in [1.29, 1.82) is 0 Å². The number of hydrogen-bond donors (Lipinski definition) is 6. The van der Waals surface area contributed by atoms with Crippen molar-refractivity contribution >= 4 is 44.1 Å². The van der Waals surface area contributed by atoms with Gasteiger partial charge in [-0.3, -0.25) is 28.2 Å². The number of hydrogen-bond acceptors (Lipinski definition) is 8. The highest BCUT2D eigenvalue weighted by molar-refractivity contribution is 7.80. The van der Waals surface area contributed by atoms with Crippen LogP contribution in [0, 0.1) is 0 Å². The molecule has 0 heterocycles. The molecule has 0 spiro atoms. The van der Waals surface area contributed by atoms with Crippen molar-refractivity contribution < 1.29 is 43.0 Å². The van der Waals surface area contributed by atoms with Gasteiger partial charge in [0.25, 0.3) is 0 Å². The van der Waals surface area contributed by atoms with Gasteiger partial charge in [0.1, 0.15) is 18.6 Å². The first-order valence-electron chi connectivity index (χ1n) is 9.16. The van der Waals surface area contributed by atoms with Crippen LogP contribution >= 0.6 is 20.4 Å². The van der Waals surface area contributed by atoms with E-state index < -0.39 is 62.3 Å². The molecular formula is C16H30N3O9PS. The Kier molecular flexibility index (Phi) is 12.9. The number of nitrogens with one attached hydrogen (secondary N) is 3. The van der Waals surface area contributed by atoms with Gasteiger partial charge >= 0.3 is 19.7 Å². The van der Waals surface area contributed by atoms with E-state index in [1.54, 1.807) is 27.7 Å². The highest BCUT2D eigenvalue weighted by atomic mass is 32.1. The Hall–Kier alpha value is -1.66. The second kappa shape index (κ2) is 13.6. The highest BCUT2D eigenvalue weighted by Crippen LogP contribution is 2.47. The average Bonchev–Trinajstić information content (AvgIpc) is 2.59. The maximum Gasteiger partial charge on any atom is 0.406 e. The third kappa shape index (κ3) is 12.1. The van der Waals surface area contributed by atoms with Gasteiger partial charge in [0.15, 0.2) is 0 Å². The minimum Gasteiger partial charge on any atom is -0.480 e. The molecule has 14 heteroatoms. The van der Waals surface area contributed by atoms with Gasteiger partial charge in [-0.25, -0.2) is 9.65 Å². The van der Waals surface area contributed by atoms with E-state index in [0.717, 1.165) is 0 Å². The normalized spacial score (nSPS) is 13.7. The summed E-state index contributed by atoms with van der Waals surface area (Å²) >= 11 is 3.94. The summed E-state index contributed by atoms with van der Waals surface area (Å²) in [4.78, 5) is 46.0. The van der Waals surface area contributed by atoms with Gasteiger partial charge in [-0.15, -0.1) is 0 Å². The molecule has 0 saturated carbocycles. The molecule has 0 aromatic rings. The quantitative estimate of drug-likeness (QED) is 0.144. The van der Waals surface area contributed by atoms with Gasteiger partial charge < -0.3 is 20.8 Å². The molecule has 0 rings (SSSR count). The molecule has 0 unspecified atom stereocenters. The highest BCUT2D eigenvalue weighted by Gasteiger charge is 2.34. The van der Waals surface area contributed by atoms with Gasteiger partial charge in [0.2, 0.25) is 11.8 Å². The largest absolute Gasteiger partial charge is 0.480 e. The van der Waals surface area contributed by atoms with Gasteiger partial charge in [-0.05, 0) is 34.1 Å². The SMILES string of the molecule is CC(C)OP(=O)(N[C@@H](CCC(=O)N[C@@H](CS)C(=O)NCC(=O)O)C(=O)O)OC(C)C. The van der Waals surface area contributed by atoms with Crippen LogP contribution in [0.2, 0.25) is 0 Å². The monoisotopic (exact) mass is 471 g/mol. The van der Waals surface area contributed by atoms with Crippen molar-refractivity contribution in [2.75, 3.05) is 12.3 Å². The van der Waals surface area contributed by atoms with Crippen molar-refractivity contribution in [2.24, 2.45) is 0 Å². The molecule has 0 aromatic carbocycles. The fraction of sp³-hybridized carbons (Fsp3) is 0.750. The first kappa shape index (κ1) is 28.3. The second-order valence-corrected chi connectivity index (χ2v) is 8.82. The minimum atomic E-state index is -3.96. The number of carbonyl (C=O) groups excluding carboxylic acids is 2. The van der Waals surface area contributed by atoms with Gasteiger partial charge in [0.05, 0.1) is 12.2 Å². The van der Waals surface area contributed by atoms with Crippen LogP contribution in [0.5, 0.6) is 0 Å². The summed E-state index contributed by atoms with van der Waals surface area (Å²) in [5, 5.41) is 24.8. The topological polar surface area (TPSA) is 180 Å². The Morgan fingerprint density at radius 2 is 1.53 bits per heavy atom. The Balaban J connectivity index is 4.97. The maximum absolute atomic E-state index is 12.8. The summed E-state index contributed by atoms with van der Waals surface area (Å²) in [6, 6.07) is -2.52. The lowest BCUT2D eigenvalue weighted by Crippen LogP contribution is -2.49.